The first kappa shape index (κ1) is 20.1. The summed E-state index contributed by atoms with van der Waals surface area (Å²) in [5.41, 5.74) is 1.40. The Bertz CT molecular complexity index is 551. The Hall–Kier alpha value is -1.63. The van der Waals surface area contributed by atoms with Crippen LogP contribution in [-0.2, 0) is 11.3 Å². The van der Waals surface area contributed by atoms with Crippen molar-refractivity contribution >= 4 is 5.96 Å². The van der Waals surface area contributed by atoms with Gasteiger partial charge in [0.15, 0.2) is 5.96 Å². The van der Waals surface area contributed by atoms with Gasteiger partial charge in [-0.25, -0.2) is 0 Å². The lowest BCUT2D eigenvalue weighted by Crippen LogP contribution is -2.52. The average Bonchev–Trinajstić information content (AvgIpc) is 2.72. The summed E-state index contributed by atoms with van der Waals surface area (Å²) in [5, 5.41) is 3.48. The highest BCUT2D eigenvalue weighted by atomic mass is 16.5. The first-order valence-corrected chi connectivity index (χ1v) is 10.4. The van der Waals surface area contributed by atoms with E-state index < -0.39 is 0 Å². The molecule has 1 aromatic carbocycles. The molecule has 3 rings (SSSR count). The van der Waals surface area contributed by atoms with Gasteiger partial charge in [-0.1, -0.05) is 30.3 Å². The van der Waals surface area contributed by atoms with Crippen LogP contribution >= 0.6 is 0 Å². The number of ether oxygens (including phenoxy) is 1. The van der Waals surface area contributed by atoms with E-state index in [4.69, 9.17) is 9.73 Å². The van der Waals surface area contributed by atoms with Crippen molar-refractivity contribution in [2.45, 2.75) is 19.9 Å². The summed E-state index contributed by atoms with van der Waals surface area (Å²) >= 11 is 0. The molecule has 2 fully saturated rings. The Morgan fingerprint density at radius 3 is 2.44 bits per heavy atom. The van der Waals surface area contributed by atoms with Gasteiger partial charge in [0.05, 0.1) is 13.2 Å². The summed E-state index contributed by atoms with van der Waals surface area (Å²) in [6, 6.07) is 10.8. The van der Waals surface area contributed by atoms with Crippen LogP contribution in [0, 0.1) is 0 Å². The van der Waals surface area contributed by atoms with E-state index >= 15 is 0 Å². The van der Waals surface area contributed by atoms with Crippen molar-refractivity contribution in [3.63, 3.8) is 0 Å². The van der Waals surface area contributed by atoms with Gasteiger partial charge in [0.1, 0.15) is 0 Å². The van der Waals surface area contributed by atoms with Crippen LogP contribution in [-0.4, -0.2) is 92.8 Å². The molecule has 1 aromatic rings. The van der Waals surface area contributed by atoms with Crippen molar-refractivity contribution in [1.29, 1.82) is 0 Å². The highest BCUT2D eigenvalue weighted by molar-refractivity contribution is 5.80. The molecule has 0 bridgehead atoms. The van der Waals surface area contributed by atoms with Crippen LogP contribution in [0.15, 0.2) is 35.3 Å². The molecule has 0 aliphatic carbocycles. The van der Waals surface area contributed by atoms with Gasteiger partial charge in [-0.15, -0.1) is 0 Å². The van der Waals surface area contributed by atoms with E-state index in [0.717, 1.165) is 91.0 Å². The van der Waals surface area contributed by atoms with E-state index in [1.807, 2.05) is 0 Å². The molecular formula is C21H35N5O. The second-order valence-electron chi connectivity index (χ2n) is 7.29. The van der Waals surface area contributed by atoms with Crippen LogP contribution in [0.3, 0.4) is 0 Å². The maximum absolute atomic E-state index is 5.41. The molecule has 2 saturated heterocycles. The third-order valence-electron chi connectivity index (χ3n) is 5.25. The van der Waals surface area contributed by atoms with Gasteiger partial charge in [0.25, 0.3) is 0 Å². The molecule has 1 N–H and O–H groups in total. The molecule has 0 aromatic heterocycles. The fourth-order valence-electron chi connectivity index (χ4n) is 3.69. The van der Waals surface area contributed by atoms with Crippen molar-refractivity contribution in [2.24, 2.45) is 4.99 Å². The smallest absolute Gasteiger partial charge is 0.194 e. The predicted molar refractivity (Wildman–Crippen MR) is 111 cm³/mol. The van der Waals surface area contributed by atoms with E-state index in [-0.39, 0.29) is 0 Å². The molecule has 0 unspecified atom stereocenters. The van der Waals surface area contributed by atoms with E-state index in [2.05, 4.69) is 57.3 Å². The molecule has 2 aliphatic heterocycles. The van der Waals surface area contributed by atoms with E-state index in [1.54, 1.807) is 0 Å². The van der Waals surface area contributed by atoms with Crippen LogP contribution in [0.25, 0.3) is 0 Å². The average molecular weight is 374 g/mol. The van der Waals surface area contributed by atoms with Crippen molar-refractivity contribution in [1.82, 2.24) is 20.0 Å². The van der Waals surface area contributed by atoms with Crippen LogP contribution in [0.1, 0.15) is 18.9 Å². The van der Waals surface area contributed by atoms with Gasteiger partial charge in [-0.3, -0.25) is 14.8 Å². The van der Waals surface area contributed by atoms with Crippen LogP contribution in [0.5, 0.6) is 0 Å². The molecule has 0 atom stereocenters. The maximum atomic E-state index is 5.41. The highest BCUT2D eigenvalue weighted by Gasteiger charge is 2.19. The third kappa shape index (κ3) is 6.79. The first-order chi connectivity index (χ1) is 13.3. The molecule has 0 amide bonds. The quantitative estimate of drug-likeness (QED) is 0.446. The molecule has 2 aliphatic rings. The number of guanidine groups is 1. The Morgan fingerprint density at radius 2 is 1.74 bits per heavy atom. The van der Waals surface area contributed by atoms with Crippen LogP contribution in [0.4, 0.5) is 0 Å². The topological polar surface area (TPSA) is 43.3 Å². The SMILES string of the molecule is CCNC(=NCCCN1CCOCC1)N1CCN(Cc2ccccc2)CC1. The van der Waals surface area contributed by atoms with E-state index in [0.29, 0.717) is 0 Å². The summed E-state index contributed by atoms with van der Waals surface area (Å²) in [5.74, 6) is 1.08. The molecule has 2 heterocycles. The maximum Gasteiger partial charge on any atom is 0.194 e. The predicted octanol–water partition coefficient (Wildman–Crippen LogP) is 1.49. The van der Waals surface area contributed by atoms with E-state index in [9.17, 15) is 0 Å². The van der Waals surface area contributed by atoms with Crippen molar-refractivity contribution in [3.05, 3.63) is 35.9 Å². The number of benzene rings is 1. The minimum atomic E-state index is 0.874. The first-order valence-electron chi connectivity index (χ1n) is 10.4. The van der Waals surface area contributed by atoms with Gasteiger partial charge in [0.2, 0.25) is 0 Å². The number of rotatable bonds is 7. The lowest BCUT2D eigenvalue weighted by Gasteiger charge is -2.36. The second-order valence-corrected chi connectivity index (χ2v) is 7.29. The molecule has 150 valence electrons. The highest BCUT2D eigenvalue weighted by Crippen LogP contribution is 2.09. The molecule has 0 saturated carbocycles. The number of nitrogens with one attached hydrogen (secondary N) is 1. The summed E-state index contributed by atoms with van der Waals surface area (Å²) in [7, 11) is 0. The lowest BCUT2D eigenvalue weighted by molar-refractivity contribution is 0.0377. The Labute approximate surface area is 164 Å². The zero-order valence-electron chi connectivity index (χ0n) is 16.8. The number of nitrogens with zero attached hydrogens (tertiary/aromatic N) is 4. The standard InChI is InChI=1S/C21H35N5O/c1-2-22-21(23-9-6-10-24-15-17-27-18-16-24)26-13-11-25(12-14-26)19-20-7-4-3-5-8-20/h3-5,7-8H,2,6,9-19H2,1H3,(H,22,23). The summed E-state index contributed by atoms with van der Waals surface area (Å²) in [4.78, 5) is 12.3. The molecule has 6 heteroatoms. The largest absolute Gasteiger partial charge is 0.379 e. The number of hydrogen-bond acceptors (Lipinski definition) is 4. The zero-order chi connectivity index (χ0) is 18.7. The Kier molecular flexibility index (Phi) is 8.39. The monoisotopic (exact) mass is 373 g/mol. The molecular weight excluding hydrogens is 338 g/mol. The van der Waals surface area contributed by atoms with Crippen molar-refractivity contribution in [2.75, 3.05) is 72.1 Å². The fourth-order valence-corrected chi connectivity index (χ4v) is 3.69. The molecule has 0 spiro atoms. The van der Waals surface area contributed by atoms with Crippen molar-refractivity contribution in [3.8, 4) is 0 Å². The number of morpholine rings is 1. The molecule has 6 nitrogen and oxygen atoms in total. The fraction of sp³-hybridized carbons (Fsp3) is 0.667. The Balaban J connectivity index is 1.41. The van der Waals surface area contributed by atoms with Gasteiger partial charge < -0.3 is 15.0 Å². The minimum Gasteiger partial charge on any atom is -0.379 e. The third-order valence-corrected chi connectivity index (χ3v) is 5.25. The molecule has 27 heavy (non-hydrogen) atoms. The van der Waals surface area contributed by atoms with Gasteiger partial charge in [-0.05, 0) is 18.9 Å². The molecule has 0 radical (unpaired) electrons. The van der Waals surface area contributed by atoms with Crippen molar-refractivity contribution < 1.29 is 4.74 Å². The van der Waals surface area contributed by atoms with Gasteiger partial charge in [-0.2, -0.15) is 0 Å². The number of hydrogen-bond donors (Lipinski definition) is 1. The minimum absolute atomic E-state index is 0.874. The van der Waals surface area contributed by atoms with Gasteiger partial charge in [0, 0.05) is 65.4 Å². The summed E-state index contributed by atoms with van der Waals surface area (Å²) in [6.45, 7) is 14.3. The van der Waals surface area contributed by atoms with E-state index in [1.165, 1.54) is 5.56 Å². The number of piperazine rings is 1. The number of aliphatic imine (C=N–C) groups is 1. The lowest BCUT2D eigenvalue weighted by atomic mass is 10.2. The normalized spacial score (nSPS) is 20.0. The summed E-state index contributed by atoms with van der Waals surface area (Å²) < 4.78 is 5.41. The second kappa shape index (κ2) is 11.3. The Morgan fingerprint density at radius 1 is 1.00 bits per heavy atom. The van der Waals surface area contributed by atoms with Crippen LogP contribution < -0.4 is 5.32 Å². The van der Waals surface area contributed by atoms with Crippen LogP contribution in [0.2, 0.25) is 0 Å². The summed E-state index contributed by atoms with van der Waals surface area (Å²) in [6.07, 6.45) is 1.11. The van der Waals surface area contributed by atoms with Gasteiger partial charge >= 0.3 is 0 Å². The zero-order valence-corrected chi connectivity index (χ0v) is 16.8.